The van der Waals surface area contributed by atoms with E-state index in [2.05, 4.69) is 0 Å². The van der Waals surface area contributed by atoms with Crippen LogP contribution in [0.3, 0.4) is 0 Å². The first-order valence-electron chi connectivity index (χ1n) is 5.64. The summed E-state index contributed by atoms with van der Waals surface area (Å²) in [6.07, 6.45) is 5.35. The van der Waals surface area contributed by atoms with E-state index in [-0.39, 0.29) is 0 Å². The van der Waals surface area contributed by atoms with Crippen molar-refractivity contribution in [3.8, 4) is 0 Å². The van der Waals surface area contributed by atoms with Gasteiger partial charge in [-0.15, -0.1) is 0 Å². The molecule has 3 N–H and O–H groups in total. The standard InChI is InChI=1S/C11H19NO2/c12-6-10-8(5-11(13)14)4-7-2-1-3-9(7)10/h7-10H,1-6,12H2,(H,13,14). The summed E-state index contributed by atoms with van der Waals surface area (Å²) in [6, 6.07) is 0. The van der Waals surface area contributed by atoms with Gasteiger partial charge in [0.25, 0.3) is 0 Å². The van der Waals surface area contributed by atoms with Crippen LogP contribution in [0, 0.1) is 23.7 Å². The van der Waals surface area contributed by atoms with Gasteiger partial charge >= 0.3 is 5.97 Å². The van der Waals surface area contributed by atoms with Crippen molar-refractivity contribution in [1.29, 1.82) is 0 Å². The highest BCUT2D eigenvalue weighted by Gasteiger charge is 2.44. The topological polar surface area (TPSA) is 63.3 Å². The SMILES string of the molecule is NCC1C(CC(=O)O)CC2CCCC21. The summed E-state index contributed by atoms with van der Waals surface area (Å²) in [6.45, 7) is 0.680. The first-order valence-corrected chi connectivity index (χ1v) is 5.64. The molecule has 4 unspecified atom stereocenters. The largest absolute Gasteiger partial charge is 0.481 e. The Hall–Kier alpha value is -0.570. The number of aliphatic carboxylic acids is 1. The highest BCUT2D eigenvalue weighted by atomic mass is 16.4. The molecule has 0 aliphatic heterocycles. The second-order valence-electron chi connectivity index (χ2n) is 4.85. The third-order valence-corrected chi connectivity index (χ3v) is 4.19. The highest BCUT2D eigenvalue weighted by molar-refractivity contribution is 5.67. The summed E-state index contributed by atoms with van der Waals surface area (Å²) in [7, 11) is 0. The minimum absolute atomic E-state index is 0.328. The molecule has 0 saturated heterocycles. The van der Waals surface area contributed by atoms with Gasteiger partial charge < -0.3 is 10.8 Å². The fourth-order valence-corrected chi connectivity index (χ4v) is 3.66. The minimum Gasteiger partial charge on any atom is -0.481 e. The van der Waals surface area contributed by atoms with Crippen LogP contribution in [-0.4, -0.2) is 17.6 Å². The third kappa shape index (κ3) is 1.65. The van der Waals surface area contributed by atoms with Crippen LogP contribution in [0.1, 0.15) is 32.1 Å². The number of carbonyl (C=O) groups is 1. The van der Waals surface area contributed by atoms with Crippen molar-refractivity contribution in [2.45, 2.75) is 32.1 Å². The maximum Gasteiger partial charge on any atom is 0.303 e. The summed E-state index contributed by atoms with van der Waals surface area (Å²) in [5.41, 5.74) is 5.76. The molecule has 14 heavy (non-hydrogen) atoms. The van der Waals surface area contributed by atoms with Gasteiger partial charge in [-0.2, -0.15) is 0 Å². The number of rotatable bonds is 3. The number of fused-ring (bicyclic) bond motifs is 1. The van der Waals surface area contributed by atoms with E-state index in [4.69, 9.17) is 10.8 Å². The molecule has 2 aliphatic rings. The molecule has 0 aromatic carbocycles. The molecule has 3 heteroatoms. The van der Waals surface area contributed by atoms with Gasteiger partial charge in [0.1, 0.15) is 0 Å². The second kappa shape index (κ2) is 3.89. The fraction of sp³-hybridized carbons (Fsp3) is 0.909. The lowest BCUT2D eigenvalue weighted by molar-refractivity contribution is -0.138. The van der Waals surface area contributed by atoms with Crippen LogP contribution in [0.15, 0.2) is 0 Å². The molecule has 2 fully saturated rings. The van der Waals surface area contributed by atoms with Gasteiger partial charge in [0.05, 0.1) is 0 Å². The van der Waals surface area contributed by atoms with E-state index < -0.39 is 5.97 Å². The zero-order chi connectivity index (χ0) is 10.1. The number of nitrogens with two attached hydrogens (primary N) is 1. The summed E-state index contributed by atoms with van der Waals surface area (Å²) in [5, 5.41) is 8.81. The molecule has 0 heterocycles. The van der Waals surface area contributed by atoms with Crippen LogP contribution in [0.25, 0.3) is 0 Å². The zero-order valence-electron chi connectivity index (χ0n) is 8.48. The summed E-state index contributed by atoms with van der Waals surface area (Å²) >= 11 is 0. The predicted molar refractivity (Wildman–Crippen MR) is 53.7 cm³/mol. The van der Waals surface area contributed by atoms with E-state index in [0.29, 0.717) is 24.8 Å². The highest BCUT2D eigenvalue weighted by Crippen LogP contribution is 2.51. The summed E-state index contributed by atoms with van der Waals surface area (Å²) in [4.78, 5) is 10.7. The number of carboxylic acid groups (broad SMARTS) is 1. The average molecular weight is 197 g/mol. The van der Waals surface area contributed by atoms with Crippen molar-refractivity contribution in [3.05, 3.63) is 0 Å². The molecule has 2 saturated carbocycles. The van der Waals surface area contributed by atoms with Crippen LogP contribution >= 0.6 is 0 Å². The minimum atomic E-state index is -0.659. The first kappa shape index (κ1) is 9.97. The quantitative estimate of drug-likeness (QED) is 0.720. The van der Waals surface area contributed by atoms with Crippen molar-refractivity contribution in [2.75, 3.05) is 6.54 Å². The summed E-state index contributed by atoms with van der Waals surface area (Å²) in [5.74, 6) is 1.71. The molecular formula is C11H19NO2. The lowest BCUT2D eigenvalue weighted by atomic mass is 9.86. The van der Waals surface area contributed by atoms with E-state index in [1.165, 1.54) is 19.3 Å². The van der Waals surface area contributed by atoms with Crippen molar-refractivity contribution >= 4 is 5.97 Å². The Balaban J connectivity index is 2.02. The molecule has 0 aromatic heterocycles. The molecule has 0 aromatic rings. The van der Waals surface area contributed by atoms with Gasteiger partial charge in [0.15, 0.2) is 0 Å². The van der Waals surface area contributed by atoms with E-state index in [1.807, 2.05) is 0 Å². The van der Waals surface area contributed by atoms with Gasteiger partial charge in [-0.25, -0.2) is 0 Å². The molecule has 4 atom stereocenters. The van der Waals surface area contributed by atoms with Crippen molar-refractivity contribution < 1.29 is 9.90 Å². The molecule has 2 aliphatic carbocycles. The van der Waals surface area contributed by atoms with Gasteiger partial charge in [0, 0.05) is 6.42 Å². The smallest absolute Gasteiger partial charge is 0.303 e. The number of hydrogen-bond donors (Lipinski definition) is 2. The van der Waals surface area contributed by atoms with Crippen LogP contribution in [0.4, 0.5) is 0 Å². The Bertz CT molecular complexity index is 229. The second-order valence-corrected chi connectivity index (χ2v) is 4.85. The third-order valence-electron chi connectivity index (χ3n) is 4.19. The van der Waals surface area contributed by atoms with Crippen LogP contribution in [0.2, 0.25) is 0 Å². The maximum absolute atomic E-state index is 10.7. The van der Waals surface area contributed by atoms with Gasteiger partial charge in [-0.1, -0.05) is 12.8 Å². The summed E-state index contributed by atoms with van der Waals surface area (Å²) < 4.78 is 0. The van der Waals surface area contributed by atoms with Crippen LogP contribution in [-0.2, 0) is 4.79 Å². The maximum atomic E-state index is 10.7. The number of hydrogen-bond acceptors (Lipinski definition) is 2. The molecule has 0 radical (unpaired) electrons. The average Bonchev–Trinajstić information content (AvgIpc) is 2.62. The Kier molecular flexibility index (Phi) is 2.77. The first-order chi connectivity index (χ1) is 6.72. The lowest BCUT2D eigenvalue weighted by Crippen LogP contribution is -2.25. The molecule has 0 spiro atoms. The molecule has 80 valence electrons. The number of carboxylic acids is 1. The Morgan fingerprint density at radius 3 is 2.86 bits per heavy atom. The normalized spacial score (nSPS) is 41.2. The van der Waals surface area contributed by atoms with Crippen molar-refractivity contribution in [3.63, 3.8) is 0 Å². The Morgan fingerprint density at radius 1 is 1.43 bits per heavy atom. The van der Waals surface area contributed by atoms with Gasteiger partial charge in [-0.3, -0.25) is 4.79 Å². The van der Waals surface area contributed by atoms with E-state index >= 15 is 0 Å². The Morgan fingerprint density at radius 2 is 2.21 bits per heavy atom. The van der Waals surface area contributed by atoms with Gasteiger partial charge in [0.2, 0.25) is 0 Å². The van der Waals surface area contributed by atoms with Gasteiger partial charge in [-0.05, 0) is 43.1 Å². The monoisotopic (exact) mass is 197 g/mol. The molecule has 3 nitrogen and oxygen atoms in total. The fourth-order valence-electron chi connectivity index (χ4n) is 3.66. The molecular weight excluding hydrogens is 178 g/mol. The predicted octanol–water partition coefficient (Wildman–Crippen LogP) is 1.47. The molecule has 0 amide bonds. The lowest BCUT2D eigenvalue weighted by Gasteiger charge is -2.21. The van der Waals surface area contributed by atoms with E-state index in [9.17, 15) is 4.79 Å². The van der Waals surface area contributed by atoms with E-state index in [1.54, 1.807) is 0 Å². The van der Waals surface area contributed by atoms with E-state index in [0.717, 1.165) is 18.3 Å². The van der Waals surface area contributed by atoms with Crippen LogP contribution in [0.5, 0.6) is 0 Å². The van der Waals surface area contributed by atoms with Crippen LogP contribution < -0.4 is 5.73 Å². The molecule has 2 rings (SSSR count). The Labute approximate surface area is 84.7 Å². The van der Waals surface area contributed by atoms with Crippen molar-refractivity contribution in [2.24, 2.45) is 29.4 Å². The molecule has 0 bridgehead atoms. The zero-order valence-corrected chi connectivity index (χ0v) is 8.48. The van der Waals surface area contributed by atoms with Crippen molar-refractivity contribution in [1.82, 2.24) is 0 Å².